The molecule has 0 saturated heterocycles. The van der Waals surface area contributed by atoms with Gasteiger partial charge in [0.2, 0.25) is 0 Å². The number of esters is 1. The fraction of sp³-hybridized carbons (Fsp3) is 0.864. The molecular weight excluding hydrogens is 296 g/mol. The molecule has 0 N–H and O–H groups in total. The minimum atomic E-state index is 0.0293. The third-order valence-electron chi connectivity index (χ3n) is 4.61. The molecule has 0 heterocycles. The summed E-state index contributed by atoms with van der Waals surface area (Å²) in [6, 6.07) is 0. The van der Waals surface area contributed by atoms with Crippen molar-refractivity contribution >= 4 is 5.97 Å². The maximum absolute atomic E-state index is 12.4. The summed E-state index contributed by atoms with van der Waals surface area (Å²) in [5, 5.41) is 0. The third kappa shape index (κ3) is 14.6. The Balaban J connectivity index is 4.03. The number of carbonyl (C=O) groups is 1. The van der Waals surface area contributed by atoms with Gasteiger partial charge >= 0.3 is 5.97 Å². The summed E-state index contributed by atoms with van der Waals surface area (Å²) in [7, 11) is 0. The maximum Gasteiger partial charge on any atom is 0.308 e. The number of hydrogen-bond donors (Lipinski definition) is 0. The Kier molecular flexibility index (Phi) is 17.6. The molecule has 0 aromatic heterocycles. The van der Waals surface area contributed by atoms with Crippen LogP contribution in [0.25, 0.3) is 0 Å². The molecule has 0 bridgehead atoms. The first kappa shape index (κ1) is 23.0. The van der Waals surface area contributed by atoms with Crippen molar-refractivity contribution in [2.24, 2.45) is 5.92 Å². The highest BCUT2D eigenvalue weighted by Crippen LogP contribution is 2.20. The van der Waals surface area contributed by atoms with Crippen LogP contribution in [0.2, 0.25) is 0 Å². The Bertz CT molecular complexity index is 302. The van der Waals surface area contributed by atoms with Crippen LogP contribution in [0, 0.1) is 18.3 Å². The SMILES string of the molecule is C#CCCCCOC(=O)C(CCCCCCC)CCCCCCC. The molecule has 0 fully saturated rings. The Morgan fingerprint density at radius 2 is 1.38 bits per heavy atom. The molecule has 2 heteroatoms. The second-order valence-corrected chi connectivity index (χ2v) is 6.93. The summed E-state index contributed by atoms with van der Waals surface area (Å²) in [6.45, 7) is 5.00. The third-order valence-corrected chi connectivity index (χ3v) is 4.61. The number of terminal acetylenes is 1. The van der Waals surface area contributed by atoms with Crippen molar-refractivity contribution in [2.75, 3.05) is 6.61 Å². The minimum absolute atomic E-state index is 0.0293. The highest BCUT2D eigenvalue weighted by atomic mass is 16.5. The molecule has 24 heavy (non-hydrogen) atoms. The molecule has 140 valence electrons. The maximum atomic E-state index is 12.4. The summed E-state index contributed by atoms with van der Waals surface area (Å²) in [5.41, 5.74) is 0. The van der Waals surface area contributed by atoms with Crippen molar-refractivity contribution in [1.29, 1.82) is 0 Å². The zero-order valence-corrected chi connectivity index (χ0v) is 16.3. The van der Waals surface area contributed by atoms with Gasteiger partial charge in [0.1, 0.15) is 0 Å². The van der Waals surface area contributed by atoms with E-state index in [1.165, 1.54) is 51.4 Å². The van der Waals surface area contributed by atoms with Gasteiger partial charge in [-0.05, 0) is 25.7 Å². The Hall–Kier alpha value is -0.970. The molecule has 0 aromatic carbocycles. The number of rotatable bonds is 17. The van der Waals surface area contributed by atoms with Crippen molar-refractivity contribution in [3.8, 4) is 12.3 Å². The summed E-state index contributed by atoms with van der Waals surface area (Å²) in [6.07, 6.45) is 22.4. The molecule has 0 amide bonds. The van der Waals surface area contributed by atoms with Crippen LogP contribution in [0.4, 0.5) is 0 Å². The minimum Gasteiger partial charge on any atom is -0.465 e. The highest BCUT2D eigenvalue weighted by molar-refractivity contribution is 5.72. The summed E-state index contributed by atoms with van der Waals surface area (Å²) in [4.78, 5) is 12.4. The van der Waals surface area contributed by atoms with Crippen molar-refractivity contribution in [3.63, 3.8) is 0 Å². The monoisotopic (exact) mass is 336 g/mol. The van der Waals surface area contributed by atoms with E-state index in [0.717, 1.165) is 44.9 Å². The van der Waals surface area contributed by atoms with Crippen LogP contribution in [0.5, 0.6) is 0 Å². The molecule has 0 radical (unpaired) electrons. The van der Waals surface area contributed by atoms with E-state index in [1.54, 1.807) is 0 Å². The van der Waals surface area contributed by atoms with E-state index in [9.17, 15) is 4.79 Å². The predicted molar refractivity (Wildman–Crippen MR) is 104 cm³/mol. The van der Waals surface area contributed by atoms with E-state index in [-0.39, 0.29) is 11.9 Å². The van der Waals surface area contributed by atoms with E-state index >= 15 is 0 Å². The van der Waals surface area contributed by atoms with Gasteiger partial charge in [-0.1, -0.05) is 78.1 Å². The smallest absolute Gasteiger partial charge is 0.308 e. The first-order valence-electron chi connectivity index (χ1n) is 10.4. The second kappa shape index (κ2) is 18.4. The fourth-order valence-electron chi connectivity index (χ4n) is 2.99. The second-order valence-electron chi connectivity index (χ2n) is 6.93. The lowest BCUT2D eigenvalue weighted by Gasteiger charge is -2.16. The van der Waals surface area contributed by atoms with Gasteiger partial charge in [-0.25, -0.2) is 0 Å². The number of carbonyl (C=O) groups excluding carboxylic acids is 1. The lowest BCUT2D eigenvalue weighted by atomic mass is 9.94. The Morgan fingerprint density at radius 3 is 1.88 bits per heavy atom. The van der Waals surface area contributed by atoms with E-state index in [4.69, 9.17) is 11.2 Å². The van der Waals surface area contributed by atoms with Crippen LogP contribution in [-0.2, 0) is 9.53 Å². The van der Waals surface area contributed by atoms with Gasteiger partial charge in [-0.2, -0.15) is 0 Å². The molecule has 0 aliphatic carbocycles. The van der Waals surface area contributed by atoms with Crippen LogP contribution in [0.3, 0.4) is 0 Å². The molecule has 0 rings (SSSR count). The highest BCUT2D eigenvalue weighted by Gasteiger charge is 2.19. The Labute approximate surface area is 151 Å². The molecule has 0 aliphatic heterocycles. The van der Waals surface area contributed by atoms with Gasteiger partial charge in [0.05, 0.1) is 12.5 Å². The van der Waals surface area contributed by atoms with Crippen LogP contribution in [0.1, 0.15) is 110 Å². The zero-order valence-electron chi connectivity index (χ0n) is 16.3. The molecular formula is C22H40O2. The van der Waals surface area contributed by atoms with E-state index in [0.29, 0.717) is 6.61 Å². The predicted octanol–water partition coefficient (Wildman–Crippen LogP) is 6.67. The average molecular weight is 337 g/mol. The van der Waals surface area contributed by atoms with Gasteiger partial charge in [0.15, 0.2) is 0 Å². The van der Waals surface area contributed by atoms with Crippen molar-refractivity contribution in [3.05, 3.63) is 0 Å². The van der Waals surface area contributed by atoms with Crippen molar-refractivity contribution in [1.82, 2.24) is 0 Å². The van der Waals surface area contributed by atoms with Crippen molar-refractivity contribution < 1.29 is 9.53 Å². The number of ether oxygens (including phenoxy) is 1. The first-order chi connectivity index (χ1) is 11.8. The van der Waals surface area contributed by atoms with Gasteiger partial charge in [0, 0.05) is 6.42 Å². The largest absolute Gasteiger partial charge is 0.465 e. The normalized spacial score (nSPS) is 10.8. The van der Waals surface area contributed by atoms with Gasteiger partial charge in [-0.3, -0.25) is 4.79 Å². The average Bonchev–Trinajstić information content (AvgIpc) is 2.59. The molecule has 0 atom stereocenters. The molecule has 0 aromatic rings. The lowest BCUT2D eigenvalue weighted by Crippen LogP contribution is -2.18. The summed E-state index contributed by atoms with van der Waals surface area (Å²) >= 11 is 0. The van der Waals surface area contributed by atoms with Gasteiger partial charge in [0.25, 0.3) is 0 Å². The topological polar surface area (TPSA) is 26.3 Å². The summed E-state index contributed by atoms with van der Waals surface area (Å²) in [5.74, 6) is 2.77. The van der Waals surface area contributed by atoms with E-state index < -0.39 is 0 Å². The quantitative estimate of drug-likeness (QED) is 0.168. The standard InChI is InChI=1S/C22H40O2/c1-4-7-10-13-15-18-21(19-16-14-11-8-5-2)22(23)24-20-17-12-9-6-3/h3,21H,4-5,7-20H2,1-2H3. The van der Waals surface area contributed by atoms with Crippen LogP contribution in [0.15, 0.2) is 0 Å². The van der Waals surface area contributed by atoms with Gasteiger partial charge < -0.3 is 4.74 Å². The lowest BCUT2D eigenvalue weighted by molar-refractivity contribution is -0.149. The summed E-state index contributed by atoms with van der Waals surface area (Å²) < 4.78 is 5.50. The zero-order chi connectivity index (χ0) is 17.9. The van der Waals surface area contributed by atoms with Crippen LogP contribution < -0.4 is 0 Å². The molecule has 0 aliphatic rings. The number of unbranched alkanes of at least 4 members (excludes halogenated alkanes) is 10. The van der Waals surface area contributed by atoms with Gasteiger partial charge in [-0.15, -0.1) is 12.3 Å². The van der Waals surface area contributed by atoms with Crippen LogP contribution in [-0.4, -0.2) is 12.6 Å². The first-order valence-corrected chi connectivity index (χ1v) is 10.4. The Morgan fingerprint density at radius 1 is 0.833 bits per heavy atom. The molecule has 2 nitrogen and oxygen atoms in total. The van der Waals surface area contributed by atoms with E-state index in [2.05, 4.69) is 19.8 Å². The van der Waals surface area contributed by atoms with Crippen molar-refractivity contribution in [2.45, 2.75) is 110 Å². The van der Waals surface area contributed by atoms with Crippen LogP contribution >= 0.6 is 0 Å². The fourth-order valence-corrected chi connectivity index (χ4v) is 2.99. The van der Waals surface area contributed by atoms with E-state index in [1.807, 2.05) is 0 Å². The number of hydrogen-bond acceptors (Lipinski definition) is 2. The molecule has 0 saturated carbocycles. The molecule has 0 unspecified atom stereocenters. The molecule has 0 spiro atoms.